The number of benzene rings is 1. The highest BCUT2D eigenvalue weighted by molar-refractivity contribution is 6.30. The molecule has 0 spiro atoms. The summed E-state index contributed by atoms with van der Waals surface area (Å²) < 4.78 is 0. The molecule has 0 amide bonds. The van der Waals surface area contributed by atoms with Gasteiger partial charge in [-0.3, -0.25) is 0 Å². The summed E-state index contributed by atoms with van der Waals surface area (Å²) in [7, 11) is 0. The highest BCUT2D eigenvalue weighted by atomic mass is 35.5. The van der Waals surface area contributed by atoms with E-state index in [0.717, 1.165) is 18.0 Å². The van der Waals surface area contributed by atoms with E-state index in [0.29, 0.717) is 12.6 Å². The van der Waals surface area contributed by atoms with E-state index in [9.17, 15) is 0 Å². The zero-order valence-electron chi connectivity index (χ0n) is 9.89. The molecule has 1 aromatic rings. The predicted molar refractivity (Wildman–Crippen MR) is 68.7 cm³/mol. The molecule has 2 rings (SSSR count). The molecule has 16 heavy (non-hydrogen) atoms. The summed E-state index contributed by atoms with van der Waals surface area (Å²) in [4.78, 5) is 0. The maximum atomic E-state index is 6.06. The summed E-state index contributed by atoms with van der Waals surface area (Å²) in [6, 6.07) is 6.57. The van der Waals surface area contributed by atoms with Crippen LogP contribution in [0.2, 0.25) is 5.02 Å². The Bertz CT molecular complexity index is 388. The topological polar surface area (TPSA) is 38.0 Å². The summed E-state index contributed by atoms with van der Waals surface area (Å²) in [5.41, 5.74) is 8.54. The Morgan fingerprint density at radius 3 is 2.94 bits per heavy atom. The fourth-order valence-corrected chi connectivity index (χ4v) is 2.80. The maximum absolute atomic E-state index is 6.06. The second kappa shape index (κ2) is 4.36. The highest BCUT2D eigenvalue weighted by Crippen LogP contribution is 2.45. The Kier molecular flexibility index (Phi) is 3.24. The van der Waals surface area contributed by atoms with Crippen LogP contribution in [0.5, 0.6) is 0 Å². The van der Waals surface area contributed by atoms with Crippen LogP contribution in [0.1, 0.15) is 31.0 Å². The lowest BCUT2D eigenvalue weighted by atomic mass is 9.85. The lowest BCUT2D eigenvalue weighted by Crippen LogP contribution is -2.34. The van der Waals surface area contributed by atoms with Crippen molar-refractivity contribution in [3.05, 3.63) is 34.3 Å². The molecule has 0 saturated heterocycles. The minimum absolute atomic E-state index is 0.238. The van der Waals surface area contributed by atoms with Gasteiger partial charge in [-0.05, 0) is 35.1 Å². The van der Waals surface area contributed by atoms with Crippen LogP contribution < -0.4 is 11.1 Å². The van der Waals surface area contributed by atoms with E-state index in [4.69, 9.17) is 17.3 Å². The van der Waals surface area contributed by atoms with Gasteiger partial charge in [-0.2, -0.15) is 0 Å². The first-order valence-corrected chi connectivity index (χ1v) is 6.14. The van der Waals surface area contributed by atoms with Crippen molar-refractivity contribution in [3.8, 4) is 0 Å². The first-order valence-electron chi connectivity index (χ1n) is 5.76. The van der Waals surface area contributed by atoms with Gasteiger partial charge in [0.25, 0.3) is 0 Å². The highest BCUT2D eigenvalue weighted by Gasteiger charge is 2.38. The molecule has 88 valence electrons. The summed E-state index contributed by atoms with van der Waals surface area (Å²) in [6.45, 7) is 6.09. The maximum Gasteiger partial charge on any atom is 0.0409 e. The van der Waals surface area contributed by atoms with Crippen molar-refractivity contribution in [2.45, 2.75) is 26.3 Å². The molecule has 0 radical (unpaired) electrons. The Labute approximate surface area is 102 Å². The van der Waals surface area contributed by atoms with E-state index in [-0.39, 0.29) is 5.41 Å². The Balaban J connectivity index is 2.32. The number of hydrogen-bond acceptors (Lipinski definition) is 2. The van der Waals surface area contributed by atoms with Crippen LogP contribution in [0.25, 0.3) is 0 Å². The monoisotopic (exact) mass is 238 g/mol. The predicted octanol–water partition coefficient (Wildman–Crippen LogP) is 2.51. The van der Waals surface area contributed by atoms with E-state index >= 15 is 0 Å². The third-order valence-corrected chi connectivity index (χ3v) is 3.57. The molecule has 1 aliphatic rings. The molecule has 1 atom stereocenters. The average Bonchev–Trinajstić information content (AvgIpc) is 2.45. The normalized spacial score (nSPS) is 22.1. The lowest BCUT2D eigenvalue weighted by Gasteiger charge is -2.28. The Hall–Kier alpha value is -0.570. The van der Waals surface area contributed by atoms with Crippen molar-refractivity contribution in [1.29, 1.82) is 0 Å². The van der Waals surface area contributed by atoms with Crippen molar-refractivity contribution in [1.82, 2.24) is 5.32 Å². The van der Waals surface area contributed by atoms with Crippen LogP contribution in [-0.4, -0.2) is 13.1 Å². The molecule has 1 aliphatic carbocycles. The summed E-state index contributed by atoms with van der Waals surface area (Å²) in [5.74, 6) is 0. The van der Waals surface area contributed by atoms with Crippen LogP contribution in [-0.2, 0) is 6.42 Å². The van der Waals surface area contributed by atoms with Gasteiger partial charge in [0.1, 0.15) is 0 Å². The van der Waals surface area contributed by atoms with E-state index < -0.39 is 0 Å². The van der Waals surface area contributed by atoms with Crippen LogP contribution in [0, 0.1) is 5.41 Å². The second-order valence-corrected chi connectivity index (χ2v) is 5.62. The molecule has 1 unspecified atom stereocenters. The number of nitrogens with one attached hydrogen (secondary N) is 1. The van der Waals surface area contributed by atoms with Crippen LogP contribution >= 0.6 is 11.6 Å². The summed E-state index contributed by atoms with van der Waals surface area (Å²) in [6.07, 6.45) is 1.10. The number of fused-ring (bicyclic) bond motifs is 1. The largest absolute Gasteiger partial charge is 0.329 e. The van der Waals surface area contributed by atoms with Crippen LogP contribution in [0.15, 0.2) is 18.2 Å². The number of rotatable bonds is 3. The first-order chi connectivity index (χ1) is 7.54. The number of halogens is 1. The van der Waals surface area contributed by atoms with Gasteiger partial charge in [0.15, 0.2) is 0 Å². The molecule has 0 saturated carbocycles. The molecule has 2 nitrogen and oxygen atoms in total. The standard InChI is InChI=1S/C13H19ClN2/c1-13(2)8-9-3-4-10(14)7-11(9)12(13)16-6-5-15/h3-4,7,12,16H,5-6,8,15H2,1-2H3. The smallest absolute Gasteiger partial charge is 0.0409 e. The Morgan fingerprint density at radius 1 is 1.50 bits per heavy atom. The van der Waals surface area contributed by atoms with Gasteiger partial charge in [0.2, 0.25) is 0 Å². The zero-order chi connectivity index (χ0) is 11.8. The molecular formula is C13H19ClN2. The van der Waals surface area contributed by atoms with E-state index in [1.54, 1.807) is 0 Å². The molecule has 0 fully saturated rings. The van der Waals surface area contributed by atoms with Gasteiger partial charge in [-0.1, -0.05) is 31.5 Å². The van der Waals surface area contributed by atoms with E-state index in [1.165, 1.54) is 11.1 Å². The van der Waals surface area contributed by atoms with Crippen molar-refractivity contribution >= 4 is 11.6 Å². The minimum atomic E-state index is 0.238. The van der Waals surface area contributed by atoms with Gasteiger partial charge >= 0.3 is 0 Å². The fraction of sp³-hybridized carbons (Fsp3) is 0.538. The zero-order valence-corrected chi connectivity index (χ0v) is 10.6. The molecule has 0 aromatic heterocycles. The molecule has 0 bridgehead atoms. The van der Waals surface area contributed by atoms with Gasteiger partial charge in [0, 0.05) is 24.2 Å². The number of hydrogen-bond donors (Lipinski definition) is 2. The van der Waals surface area contributed by atoms with Gasteiger partial charge in [0.05, 0.1) is 0 Å². The molecular weight excluding hydrogens is 220 g/mol. The van der Waals surface area contributed by atoms with Gasteiger partial charge < -0.3 is 11.1 Å². The van der Waals surface area contributed by atoms with Crippen LogP contribution in [0.4, 0.5) is 0 Å². The summed E-state index contributed by atoms with van der Waals surface area (Å²) >= 11 is 6.06. The molecule has 3 N–H and O–H groups in total. The SMILES string of the molecule is CC1(C)Cc2ccc(Cl)cc2C1NCCN. The summed E-state index contributed by atoms with van der Waals surface area (Å²) in [5, 5.41) is 4.34. The second-order valence-electron chi connectivity index (χ2n) is 5.18. The molecule has 3 heteroatoms. The first kappa shape index (κ1) is 11.9. The van der Waals surface area contributed by atoms with E-state index in [2.05, 4.69) is 31.3 Å². The average molecular weight is 239 g/mol. The molecule has 0 aliphatic heterocycles. The van der Waals surface area contributed by atoms with Crippen molar-refractivity contribution in [2.75, 3.05) is 13.1 Å². The Morgan fingerprint density at radius 2 is 2.25 bits per heavy atom. The quantitative estimate of drug-likeness (QED) is 0.849. The number of nitrogens with two attached hydrogens (primary N) is 1. The molecule has 1 aromatic carbocycles. The minimum Gasteiger partial charge on any atom is -0.329 e. The molecule has 0 heterocycles. The fourth-order valence-electron chi connectivity index (χ4n) is 2.62. The van der Waals surface area contributed by atoms with Crippen molar-refractivity contribution in [2.24, 2.45) is 11.1 Å². The van der Waals surface area contributed by atoms with Crippen molar-refractivity contribution in [3.63, 3.8) is 0 Å². The van der Waals surface area contributed by atoms with Crippen LogP contribution in [0.3, 0.4) is 0 Å². The van der Waals surface area contributed by atoms with Crippen molar-refractivity contribution < 1.29 is 0 Å². The lowest BCUT2D eigenvalue weighted by molar-refractivity contribution is 0.272. The third-order valence-electron chi connectivity index (χ3n) is 3.34. The van der Waals surface area contributed by atoms with Gasteiger partial charge in [-0.25, -0.2) is 0 Å². The van der Waals surface area contributed by atoms with E-state index in [1.807, 2.05) is 6.07 Å². The third kappa shape index (κ3) is 2.10. The van der Waals surface area contributed by atoms with Gasteiger partial charge in [-0.15, -0.1) is 0 Å².